The van der Waals surface area contributed by atoms with Crippen LogP contribution in [0.2, 0.25) is 0 Å². The van der Waals surface area contributed by atoms with Crippen molar-refractivity contribution in [3.8, 4) is 0 Å². The molecule has 0 aromatic carbocycles. The van der Waals surface area contributed by atoms with Crippen LogP contribution >= 0.6 is 24.0 Å². The SMILES string of the molecule is CCNC(=NCC1CCc2nnc(C)n2C1)NC(C)C(C)C.I. The first-order valence-corrected chi connectivity index (χ1v) is 8.44. The lowest BCUT2D eigenvalue weighted by molar-refractivity contribution is 0.369. The standard InChI is InChI=1S/C16H30N6.HI/c1-6-17-16(19-12(4)11(2)3)18-9-14-7-8-15-21-20-13(5)22(15)10-14;/h11-12,14H,6-10H2,1-5H3,(H2,17,18,19);1H. The molecule has 1 aromatic heterocycles. The van der Waals surface area contributed by atoms with E-state index in [-0.39, 0.29) is 24.0 Å². The smallest absolute Gasteiger partial charge is 0.191 e. The summed E-state index contributed by atoms with van der Waals surface area (Å²) in [5.74, 6) is 4.21. The van der Waals surface area contributed by atoms with Crippen LogP contribution in [0.5, 0.6) is 0 Å². The summed E-state index contributed by atoms with van der Waals surface area (Å²) in [4.78, 5) is 4.79. The van der Waals surface area contributed by atoms with Crippen LogP contribution in [0.1, 0.15) is 45.8 Å². The molecule has 0 aliphatic carbocycles. The number of nitrogens with one attached hydrogen (secondary N) is 2. The van der Waals surface area contributed by atoms with Gasteiger partial charge in [-0.15, -0.1) is 34.2 Å². The van der Waals surface area contributed by atoms with Crippen LogP contribution in [0, 0.1) is 18.8 Å². The van der Waals surface area contributed by atoms with Gasteiger partial charge in [0.05, 0.1) is 0 Å². The molecule has 1 aliphatic rings. The molecule has 1 aromatic rings. The Balaban J connectivity index is 0.00000264. The molecule has 6 nitrogen and oxygen atoms in total. The molecule has 7 heteroatoms. The van der Waals surface area contributed by atoms with Gasteiger partial charge in [0.1, 0.15) is 11.6 Å². The monoisotopic (exact) mass is 434 g/mol. The molecule has 0 saturated carbocycles. The molecule has 0 spiro atoms. The quantitative estimate of drug-likeness (QED) is 0.424. The largest absolute Gasteiger partial charge is 0.357 e. The van der Waals surface area contributed by atoms with E-state index >= 15 is 0 Å². The minimum absolute atomic E-state index is 0. The highest BCUT2D eigenvalue weighted by atomic mass is 127. The van der Waals surface area contributed by atoms with E-state index in [2.05, 4.69) is 53.1 Å². The average Bonchev–Trinajstić information content (AvgIpc) is 2.86. The topological polar surface area (TPSA) is 67.1 Å². The van der Waals surface area contributed by atoms with Crippen LogP contribution in [0.4, 0.5) is 0 Å². The highest BCUT2D eigenvalue weighted by molar-refractivity contribution is 14.0. The van der Waals surface area contributed by atoms with Crippen molar-refractivity contribution in [2.75, 3.05) is 13.1 Å². The number of rotatable bonds is 5. The van der Waals surface area contributed by atoms with Gasteiger partial charge in [-0.05, 0) is 39.0 Å². The molecular formula is C16H31IN6. The first-order valence-electron chi connectivity index (χ1n) is 8.44. The van der Waals surface area contributed by atoms with E-state index in [4.69, 9.17) is 4.99 Å². The Hall–Kier alpha value is -0.860. The van der Waals surface area contributed by atoms with Crippen molar-refractivity contribution in [2.24, 2.45) is 16.8 Å². The van der Waals surface area contributed by atoms with E-state index in [0.717, 1.165) is 50.1 Å². The van der Waals surface area contributed by atoms with Crippen molar-refractivity contribution >= 4 is 29.9 Å². The third-order valence-electron chi connectivity index (χ3n) is 4.45. The minimum Gasteiger partial charge on any atom is -0.357 e. The van der Waals surface area contributed by atoms with E-state index in [9.17, 15) is 0 Å². The molecule has 132 valence electrons. The average molecular weight is 434 g/mol. The van der Waals surface area contributed by atoms with Gasteiger partial charge in [-0.2, -0.15) is 0 Å². The Kier molecular flexibility index (Phi) is 8.28. The number of hydrogen-bond donors (Lipinski definition) is 2. The molecule has 2 N–H and O–H groups in total. The summed E-state index contributed by atoms with van der Waals surface area (Å²) in [6, 6.07) is 0.413. The Bertz CT molecular complexity index is 511. The van der Waals surface area contributed by atoms with Crippen molar-refractivity contribution in [3.05, 3.63) is 11.6 Å². The number of aryl methyl sites for hydroxylation is 2. The second kappa shape index (κ2) is 9.44. The van der Waals surface area contributed by atoms with Crippen molar-refractivity contribution in [1.82, 2.24) is 25.4 Å². The summed E-state index contributed by atoms with van der Waals surface area (Å²) in [5.41, 5.74) is 0. The summed E-state index contributed by atoms with van der Waals surface area (Å²) in [7, 11) is 0. The number of aliphatic imine (C=N–C) groups is 1. The lowest BCUT2D eigenvalue weighted by Crippen LogP contribution is -2.44. The molecule has 2 rings (SSSR count). The summed E-state index contributed by atoms with van der Waals surface area (Å²) >= 11 is 0. The summed E-state index contributed by atoms with van der Waals surface area (Å²) < 4.78 is 2.24. The molecule has 0 bridgehead atoms. The van der Waals surface area contributed by atoms with Gasteiger partial charge in [-0.3, -0.25) is 4.99 Å². The zero-order valence-electron chi connectivity index (χ0n) is 15.0. The Morgan fingerprint density at radius 3 is 2.74 bits per heavy atom. The lowest BCUT2D eigenvalue weighted by Gasteiger charge is -2.24. The third-order valence-corrected chi connectivity index (χ3v) is 4.45. The van der Waals surface area contributed by atoms with Gasteiger partial charge >= 0.3 is 0 Å². The van der Waals surface area contributed by atoms with E-state index < -0.39 is 0 Å². The normalized spacial score (nSPS) is 19.0. The van der Waals surface area contributed by atoms with Crippen molar-refractivity contribution < 1.29 is 0 Å². The van der Waals surface area contributed by atoms with Crippen molar-refractivity contribution in [3.63, 3.8) is 0 Å². The predicted octanol–water partition coefficient (Wildman–Crippen LogP) is 2.37. The van der Waals surface area contributed by atoms with Gasteiger partial charge < -0.3 is 15.2 Å². The van der Waals surface area contributed by atoms with Crippen LogP contribution in [-0.2, 0) is 13.0 Å². The molecule has 0 saturated heterocycles. The van der Waals surface area contributed by atoms with Gasteiger partial charge in [-0.25, -0.2) is 0 Å². The molecule has 0 radical (unpaired) electrons. The Morgan fingerprint density at radius 2 is 2.09 bits per heavy atom. The van der Waals surface area contributed by atoms with Crippen molar-refractivity contribution in [1.29, 1.82) is 0 Å². The first kappa shape index (κ1) is 20.2. The number of guanidine groups is 1. The number of hydrogen-bond acceptors (Lipinski definition) is 3. The fourth-order valence-electron chi connectivity index (χ4n) is 2.60. The minimum atomic E-state index is 0. The van der Waals surface area contributed by atoms with Crippen LogP contribution in [0.3, 0.4) is 0 Å². The van der Waals surface area contributed by atoms with Gasteiger partial charge in [0.2, 0.25) is 0 Å². The van der Waals surface area contributed by atoms with Gasteiger partial charge in [0, 0.05) is 32.1 Å². The zero-order chi connectivity index (χ0) is 16.1. The van der Waals surface area contributed by atoms with Crippen LogP contribution in [0.15, 0.2) is 4.99 Å². The van der Waals surface area contributed by atoms with Crippen LogP contribution in [-0.4, -0.2) is 39.9 Å². The molecule has 2 unspecified atom stereocenters. The Labute approximate surface area is 157 Å². The molecule has 2 atom stereocenters. The second-order valence-electron chi connectivity index (χ2n) is 6.58. The molecule has 0 fully saturated rings. The molecular weight excluding hydrogens is 403 g/mol. The number of aromatic nitrogens is 3. The van der Waals surface area contributed by atoms with E-state index in [1.165, 1.54) is 0 Å². The van der Waals surface area contributed by atoms with E-state index in [0.29, 0.717) is 17.9 Å². The van der Waals surface area contributed by atoms with Crippen LogP contribution in [0.25, 0.3) is 0 Å². The highest BCUT2D eigenvalue weighted by Crippen LogP contribution is 2.20. The maximum atomic E-state index is 4.79. The zero-order valence-corrected chi connectivity index (χ0v) is 17.3. The highest BCUT2D eigenvalue weighted by Gasteiger charge is 2.21. The summed E-state index contributed by atoms with van der Waals surface area (Å²) in [5, 5.41) is 15.2. The fourth-order valence-corrected chi connectivity index (χ4v) is 2.60. The molecule has 0 amide bonds. The Morgan fingerprint density at radius 1 is 1.35 bits per heavy atom. The predicted molar refractivity (Wildman–Crippen MR) is 105 cm³/mol. The number of fused-ring (bicyclic) bond motifs is 1. The van der Waals surface area contributed by atoms with E-state index in [1.807, 2.05) is 6.92 Å². The maximum absolute atomic E-state index is 4.79. The van der Waals surface area contributed by atoms with E-state index in [1.54, 1.807) is 0 Å². The van der Waals surface area contributed by atoms with Gasteiger partial charge in [-0.1, -0.05) is 13.8 Å². The van der Waals surface area contributed by atoms with Crippen molar-refractivity contribution in [2.45, 2.75) is 60.0 Å². The maximum Gasteiger partial charge on any atom is 0.191 e. The van der Waals surface area contributed by atoms with Gasteiger partial charge in [0.25, 0.3) is 0 Å². The summed E-state index contributed by atoms with van der Waals surface area (Å²) in [6.45, 7) is 13.5. The lowest BCUT2D eigenvalue weighted by atomic mass is 9.99. The second-order valence-corrected chi connectivity index (χ2v) is 6.58. The number of nitrogens with zero attached hydrogens (tertiary/aromatic N) is 4. The first-order chi connectivity index (χ1) is 10.5. The molecule has 1 aliphatic heterocycles. The number of halogens is 1. The summed E-state index contributed by atoms with van der Waals surface area (Å²) in [6.07, 6.45) is 2.15. The molecule has 23 heavy (non-hydrogen) atoms. The third kappa shape index (κ3) is 5.61. The fraction of sp³-hybridized carbons (Fsp3) is 0.812. The van der Waals surface area contributed by atoms with Gasteiger partial charge in [0.15, 0.2) is 5.96 Å². The molecule has 2 heterocycles. The van der Waals surface area contributed by atoms with Crippen LogP contribution < -0.4 is 10.6 Å².